The summed E-state index contributed by atoms with van der Waals surface area (Å²) in [5.41, 5.74) is 5.65. The molecule has 3 atom stereocenters. The van der Waals surface area contributed by atoms with E-state index in [4.69, 9.17) is 10.5 Å². The number of carbonyl (C=O) groups is 1. The van der Waals surface area contributed by atoms with E-state index in [1.807, 2.05) is 0 Å². The van der Waals surface area contributed by atoms with Gasteiger partial charge in [0.2, 0.25) is 5.91 Å². The van der Waals surface area contributed by atoms with Gasteiger partial charge >= 0.3 is 0 Å². The van der Waals surface area contributed by atoms with E-state index in [2.05, 4.69) is 0 Å². The van der Waals surface area contributed by atoms with E-state index >= 15 is 0 Å². The van der Waals surface area contributed by atoms with Crippen LogP contribution in [0.25, 0.3) is 0 Å². The highest BCUT2D eigenvalue weighted by atomic mass is 16.5. The molecule has 2 fully saturated rings. The minimum Gasteiger partial charge on any atom is -0.381 e. The molecule has 0 heterocycles. The van der Waals surface area contributed by atoms with Crippen LogP contribution < -0.4 is 5.73 Å². The molecule has 0 aromatic carbocycles. The molecule has 0 aromatic heterocycles. The minimum atomic E-state index is -0.0707. The van der Waals surface area contributed by atoms with Gasteiger partial charge in [-0.25, -0.2) is 0 Å². The van der Waals surface area contributed by atoms with Gasteiger partial charge in [0.05, 0.1) is 6.10 Å². The highest BCUT2D eigenvalue weighted by molar-refractivity contribution is 5.77. The zero-order valence-electron chi connectivity index (χ0n) is 10.9. The molecule has 0 spiro atoms. The molecule has 1 amide bonds. The monoisotopic (exact) mass is 239 g/mol. The Bertz CT molecular complexity index is 261. The van der Waals surface area contributed by atoms with Crippen LogP contribution in [-0.2, 0) is 9.53 Å². The van der Waals surface area contributed by atoms with Gasteiger partial charge in [-0.3, -0.25) is 4.79 Å². The summed E-state index contributed by atoms with van der Waals surface area (Å²) in [6.45, 7) is 0. The van der Waals surface area contributed by atoms with Gasteiger partial charge in [-0.1, -0.05) is 19.3 Å². The third-order valence-electron chi connectivity index (χ3n) is 4.75. The number of carbonyl (C=O) groups excluding carboxylic acids is 1. The van der Waals surface area contributed by atoms with E-state index < -0.39 is 0 Å². The second-order valence-electron chi connectivity index (χ2n) is 5.76. The maximum atomic E-state index is 11.8. The summed E-state index contributed by atoms with van der Waals surface area (Å²) in [6.07, 6.45) is 9.85. The van der Waals surface area contributed by atoms with Crippen LogP contribution >= 0.6 is 0 Å². The van der Waals surface area contributed by atoms with Crippen LogP contribution in [0.2, 0.25) is 0 Å². The van der Waals surface area contributed by atoms with Crippen LogP contribution in [0.15, 0.2) is 0 Å². The van der Waals surface area contributed by atoms with Crippen molar-refractivity contribution < 1.29 is 9.53 Å². The molecule has 3 nitrogen and oxygen atoms in total. The number of rotatable bonds is 4. The summed E-state index contributed by atoms with van der Waals surface area (Å²) in [5.74, 6) is 1.05. The molecule has 0 aromatic rings. The predicted molar refractivity (Wildman–Crippen MR) is 67.4 cm³/mol. The lowest BCUT2D eigenvalue weighted by Gasteiger charge is -2.32. The highest BCUT2D eigenvalue weighted by Gasteiger charge is 2.38. The van der Waals surface area contributed by atoms with E-state index in [9.17, 15) is 4.79 Å². The Morgan fingerprint density at radius 3 is 2.35 bits per heavy atom. The first-order valence-corrected chi connectivity index (χ1v) is 7.04. The SMILES string of the molecule is COC1CCC(C(C(N)=O)C2CCCCC2)C1. The van der Waals surface area contributed by atoms with Gasteiger partial charge in [0.25, 0.3) is 0 Å². The van der Waals surface area contributed by atoms with Gasteiger partial charge < -0.3 is 10.5 Å². The van der Waals surface area contributed by atoms with E-state index in [1.54, 1.807) is 7.11 Å². The number of methoxy groups -OCH3 is 1. The zero-order valence-corrected chi connectivity index (χ0v) is 10.9. The van der Waals surface area contributed by atoms with Gasteiger partial charge in [0.1, 0.15) is 0 Å². The lowest BCUT2D eigenvalue weighted by atomic mass is 9.73. The molecule has 2 aliphatic rings. The number of amides is 1. The average molecular weight is 239 g/mol. The number of hydrogen-bond acceptors (Lipinski definition) is 2. The number of hydrogen-bond donors (Lipinski definition) is 1. The minimum absolute atomic E-state index is 0.0707. The standard InChI is InChI=1S/C14H25NO2/c1-17-12-8-7-11(9-12)13(14(15)16)10-5-3-2-4-6-10/h10-13H,2-9H2,1H3,(H2,15,16). The Balaban J connectivity index is 1.99. The number of primary amides is 1. The summed E-state index contributed by atoms with van der Waals surface area (Å²) in [7, 11) is 1.77. The van der Waals surface area contributed by atoms with Crippen molar-refractivity contribution in [3.05, 3.63) is 0 Å². The molecule has 0 aliphatic heterocycles. The van der Waals surface area contributed by atoms with Crippen molar-refractivity contribution in [1.82, 2.24) is 0 Å². The summed E-state index contributed by atoms with van der Waals surface area (Å²) < 4.78 is 5.41. The van der Waals surface area contributed by atoms with Gasteiger partial charge in [-0.05, 0) is 43.9 Å². The smallest absolute Gasteiger partial charge is 0.221 e. The van der Waals surface area contributed by atoms with E-state index in [-0.39, 0.29) is 11.8 Å². The Hall–Kier alpha value is -0.570. The predicted octanol–water partition coefficient (Wildman–Crippen LogP) is 2.48. The molecule has 98 valence electrons. The van der Waals surface area contributed by atoms with Crippen molar-refractivity contribution in [3.8, 4) is 0 Å². The molecule has 0 radical (unpaired) electrons. The highest BCUT2D eigenvalue weighted by Crippen LogP contribution is 2.41. The molecule has 2 rings (SSSR count). The van der Waals surface area contributed by atoms with Crippen LogP contribution in [-0.4, -0.2) is 19.1 Å². The molecular weight excluding hydrogens is 214 g/mol. The summed E-state index contributed by atoms with van der Waals surface area (Å²) in [4.78, 5) is 11.8. The molecule has 3 heteroatoms. The van der Waals surface area contributed by atoms with E-state index in [0.29, 0.717) is 17.9 Å². The number of nitrogens with two attached hydrogens (primary N) is 1. The maximum Gasteiger partial charge on any atom is 0.221 e. The van der Waals surface area contributed by atoms with Crippen molar-refractivity contribution in [1.29, 1.82) is 0 Å². The van der Waals surface area contributed by atoms with Crippen molar-refractivity contribution in [2.75, 3.05) is 7.11 Å². The first-order chi connectivity index (χ1) is 8.22. The lowest BCUT2D eigenvalue weighted by Crippen LogP contribution is -2.36. The van der Waals surface area contributed by atoms with Gasteiger partial charge in [-0.15, -0.1) is 0 Å². The van der Waals surface area contributed by atoms with E-state index in [0.717, 1.165) is 19.3 Å². The summed E-state index contributed by atoms with van der Waals surface area (Å²) in [5, 5.41) is 0. The van der Waals surface area contributed by atoms with Crippen LogP contribution in [0.1, 0.15) is 51.4 Å². The Morgan fingerprint density at radius 2 is 1.82 bits per heavy atom. The number of ether oxygens (including phenoxy) is 1. The Labute approximate surface area is 104 Å². The van der Waals surface area contributed by atoms with Crippen molar-refractivity contribution in [2.45, 2.75) is 57.5 Å². The van der Waals surface area contributed by atoms with Crippen molar-refractivity contribution >= 4 is 5.91 Å². The molecule has 17 heavy (non-hydrogen) atoms. The zero-order chi connectivity index (χ0) is 12.3. The van der Waals surface area contributed by atoms with Gasteiger partial charge in [0, 0.05) is 13.0 Å². The van der Waals surface area contributed by atoms with Gasteiger partial charge in [0.15, 0.2) is 0 Å². The van der Waals surface area contributed by atoms with Gasteiger partial charge in [-0.2, -0.15) is 0 Å². The third-order valence-corrected chi connectivity index (χ3v) is 4.75. The largest absolute Gasteiger partial charge is 0.381 e. The molecule has 0 saturated heterocycles. The van der Waals surface area contributed by atoms with E-state index in [1.165, 1.54) is 32.1 Å². The summed E-state index contributed by atoms with van der Waals surface area (Å²) >= 11 is 0. The molecule has 2 aliphatic carbocycles. The first kappa shape index (κ1) is 12.9. The quantitative estimate of drug-likeness (QED) is 0.819. The lowest BCUT2D eigenvalue weighted by molar-refractivity contribution is -0.126. The summed E-state index contributed by atoms with van der Waals surface area (Å²) in [6, 6.07) is 0. The molecule has 0 bridgehead atoms. The van der Waals surface area contributed by atoms with Crippen LogP contribution in [0.5, 0.6) is 0 Å². The first-order valence-electron chi connectivity index (χ1n) is 7.04. The normalized spacial score (nSPS) is 32.5. The molecule has 2 N–H and O–H groups in total. The van der Waals surface area contributed by atoms with Crippen LogP contribution in [0, 0.1) is 17.8 Å². The maximum absolute atomic E-state index is 11.8. The molecule has 2 saturated carbocycles. The Morgan fingerprint density at radius 1 is 1.12 bits per heavy atom. The Kier molecular flexibility index (Phi) is 4.43. The van der Waals surface area contributed by atoms with Crippen molar-refractivity contribution in [2.24, 2.45) is 23.5 Å². The molecule has 3 unspecified atom stereocenters. The fourth-order valence-corrected chi connectivity index (χ4v) is 3.86. The fraction of sp³-hybridized carbons (Fsp3) is 0.929. The second kappa shape index (κ2) is 5.85. The average Bonchev–Trinajstić information content (AvgIpc) is 2.79. The third kappa shape index (κ3) is 3.01. The second-order valence-corrected chi connectivity index (χ2v) is 5.76. The molecular formula is C14H25NO2. The van der Waals surface area contributed by atoms with Crippen LogP contribution in [0.3, 0.4) is 0 Å². The topological polar surface area (TPSA) is 52.3 Å². The van der Waals surface area contributed by atoms with Crippen LogP contribution in [0.4, 0.5) is 0 Å². The van der Waals surface area contributed by atoms with Crippen molar-refractivity contribution in [3.63, 3.8) is 0 Å². The fourth-order valence-electron chi connectivity index (χ4n) is 3.86.